The first-order valence-corrected chi connectivity index (χ1v) is 12.1. The molecule has 1 unspecified atom stereocenters. The van der Waals surface area contributed by atoms with Gasteiger partial charge in [0, 0.05) is 24.1 Å². The second-order valence-corrected chi connectivity index (χ2v) is 8.61. The summed E-state index contributed by atoms with van der Waals surface area (Å²) < 4.78 is 40.5. The maximum atomic E-state index is 13.1. The zero-order valence-electron chi connectivity index (χ0n) is 20.9. The predicted octanol–water partition coefficient (Wildman–Crippen LogP) is 5.16. The van der Waals surface area contributed by atoms with Gasteiger partial charge in [0.15, 0.2) is 0 Å². The van der Waals surface area contributed by atoms with E-state index in [0.717, 1.165) is 23.4 Å². The zero-order valence-corrected chi connectivity index (χ0v) is 20.9. The van der Waals surface area contributed by atoms with Crippen molar-refractivity contribution in [3.05, 3.63) is 113 Å². The van der Waals surface area contributed by atoms with Crippen LogP contribution >= 0.6 is 0 Å². The summed E-state index contributed by atoms with van der Waals surface area (Å²) in [5, 5.41) is 15.3. The van der Waals surface area contributed by atoms with Crippen LogP contribution in [0.2, 0.25) is 0 Å². The number of fused-ring (bicyclic) bond motifs is 1. The monoisotopic (exact) mass is 531 g/mol. The maximum absolute atomic E-state index is 13.1. The number of aromatic nitrogens is 2. The number of carbonyl (C=O) groups excluding carboxylic acids is 2. The fourth-order valence-electron chi connectivity index (χ4n) is 4.17. The highest BCUT2D eigenvalue weighted by atomic mass is 19.4. The number of nitrogens with zero attached hydrogens (tertiary/aromatic N) is 4. The van der Waals surface area contributed by atoms with E-state index in [0.29, 0.717) is 17.9 Å². The van der Waals surface area contributed by atoms with Gasteiger partial charge in [-0.05, 0) is 49.4 Å². The average Bonchev–Trinajstić information content (AvgIpc) is 3.38. The number of halogens is 3. The lowest BCUT2D eigenvalue weighted by molar-refractivity contribution is -0.137. The molecule has 39 heavy (non-hydrogen) atoms. The lowest BCUT2D eigenvalue weighted by Gasteiger charge is -2.32. The lowest BCUT2D eigenvalue weighted by atomic mass is 10.0. The molecule has 0 saturated carbocycles. The molecule has 0 bridgehead atoms. The Hall–Kier alpha value is -4.91. The van der Waals surface area contributed by atoms with E-state index in [1.165, 1.54) is 17.0 Å². The minimum Gasteiger partial charge on any atom is -0.340 e. The van der Waals surface area contributed by atoms with Gasteiger partial charge in [0.2, 0.25) is 0 Å². The highest BCUT2D eigenvalue weighted by Crippen LogP contribution is 2.31. The molecule has 0 spiro atoms. The highest BCUT2D eigenvalue weighted by molar-refractivity contribution is 6.04. The Morgan fingerprint density at radius 2 is 1.72 bits per heavy atom. The van der Waals surface area contributed by atoms with Crippen LogP contribution in [0, 0.1) is 11.3 Å². The van der Waals surface area contributed by atoms with Gasteiger partial charge in [-0.3, -0.25) is 14.5 Å². The van der Waals surface area contributed by atoms with Crippen molar-refractivity contribution in [1.29, 1.82) is 5.26 Å². The van der Waals surface area contributed by atoms with Crippen LogP contribution in [0.3, 0.4) is 0 Å². The van der Waals surface area contributed by atoms with Crippen molar-refractivity contribution in [2.45, 2.75) is 25.6 Å². The van der Waals surface area contributed by atoms with Gasteiger partial charge in [-0.25, -0.2) is 4.68 Å². The maximum Gasteiger partial charge on any atom is 0.416 e. The first-order chi connectivity index (χ1) is 18.7. The van der Waals surface area contributed by atoms with Gasteiger partial charge in [0.05, 0.1) is 29.1 Å². The van der Waals surface area contributed by atoms with Crippen molar-refractivity contribution in [3.8, 4) is 11.8 Å². The molecule has 1 N–H and O–H groups in total. The van der Waals surface area contributed by atoms with E-state index in [1.54, 1.807) is 29.9 Å². The number of anilines is 1. The summed E-state index contributed by atoms with van der Waals surface area (Å²) in [7, 11) is 0. The normalized spacial score (nSPS) is 14.5. The van der Waals surface area contributed by atoms with E-state index in [9.17, 15) is 22.8 Å². The first-order valence-electron chi connectivity index (χ1n) is 12.1. The molecule has 5 rings (SSSR count). The third kappa shape index (κ3) is 6.15. The summed E-state index contributed by atoms with van der Waals surface area (Å²) in [5.41, 5.74) is 1.20. The number of hydrogen-bond acceptors (Lipinski definition) is 4. The van der Waals surface area contributed by atoms with Gasteiger partial charge in [-0.15, -0.1) is 0 Å². The number of carbonyl (C=O) groups is 2. The molecule has 1 atom stereocenters. The second-order valence-electron chi connectivity index (χ2n) is 8.61. The van der Waals surface area contributed by atoms with Gasteiger partial charge < -0.3 is 5.32 Å². The molecule has 4 aromatic rings. The highest BCUT2D eigenvalue weighted by Gasteiger charge is 2.37. The minimum atomic E-state index is -4.56. The molecule has 1 aliphatic heterocycles. The van der Waals surface area contributed by atoms with Crippen LogP contribution in [-0.2, 0) is 17.4 Å². The van der Waals surface area contributed by atoms with Crippen molar-refractivity contribution in [3.63, 3.8) is 0 Å². The number of nitrogens with one attached hydrogen (secondary N) is 1. The Labute approximate surface area is 223 Å². The molecule has 7 nitrogen and oxygen atoms in total. The predicted molar refractivity (Wildman–Crippen MR) is 139 cm³/mol. The van der Waals surface area contributed by atoms with Crippen molar-refractivity contribution in [2.24, 2.45) is 0 Å². The number of rotatable bonds is 4. The summed E-state index contributed by atoms with van der Waals surface area (Å²) in [5.74, 6) is -0.448. The molecule has 1 aromatic heterocycles. The van der Waals surface area contributed by atoms with Crippen molar-refractivity contribution < 1.29 is 22.8 Å². The van der Waals surface area contributed by atoms with Crippen LogP contribution in [0.5, 0.6) is 0 Å². The first kappa shape index (κ1) is 27.1. The molecule has 0 fully saturated rings. The number of hydrogen-bond donors (Lipinski definition) is 1. The topological polar surface area (TPSA) is 91.0 Å². The van der Waals surface area contributed by atoms with E-state index >= 15 is 0 Å². The van der Waals surface area contributed by atoms with Crippen LogP contribution in [0.15, 0.2) is 91.1 Å². The third-order valence-corrected chi connectivity index (χ3v) is 6.04. The Kier molecular flexibility index (Phi) is 8.10. The van der Waals surface area contributed by atoms with E-state index in [1.807, 2.05) is 54.6 Å². The standard InChI is InChI=1S/C22H19F3N4O2.C7H5N/c1-2-28-20-15(13-26-29(20)17-9-4-3-5-10-17)12-18(21(28)31)27-19(30)14-7-6-8-16(11-14)22(23,24)25;8-6-7-4-2-1-3-5-7/h3-11,13,18H,2,12H2,1H3,(H,27,30);1-5H. The van der Waals surface area contributed by atoms with Crippen molar-refractivity contribution in [1.82, 2.24) is 15.1 Å². The Bertz CT molecular complexity index is 1490. The summed E-state index contributed by atoms with van der Waals surface area (Å²) in [6, 6.07) is 23.7. The Morgan fingerprint density at radius 3 is 2.31 bits per heavy atom. The van der Waals surface area contributed by atoms with Crippen LogP contribution in [0.1, 0.15) is 34.0 Å². The number of nitriles is 1. The minimum absolute atomic E-state index is 0.156. The van der Waals surface area contributed by atoms with Gasteiger partial charge in [-0.1, -0.05) is 42.5 Å². The smallest absolute Gasteiger partial charge is 0.340 e. The van der Waals surface area contributed by atoms with E-state index in [2.05, 4.69) is 10.4 Å². The number of amides is 2. The zero-order chi connectivity index (χ0) is 28.0. The van der Waals surface area contributed by atoms with Gasteiger partial charge in [0.25, 0.3) is 11.8 Å². The summed E-state index contributed by atoms with van der Waals surface area (Å²) in [6.45, 7) is 2.15. The largest absolute Gasteiger partial charge is 0.416 e. The fourth-order valence-corrected chi connectivity index (χ4v) is 4.17. The van der Waals surface area contributed by atoms with E-state index < -0.39 is 23.7 Å². The van der Waals surface area contributed by atoms with Crippen LogP contribution in [-0.4, -0.2) is 34.2 Å². The molecule has 2 heterocycles. The summed E-state index contributed by atoms with van der Waals surface area (Å²) in [4.78, 5) is 27.2. The second kappa shape index (κ2) is 11.6. The SMILES string of the molecule is CCN1C(=O)C(NC(=O)c2cccc(C(F)(F)F)c2)Cc2cnn(-c3ccccc3)c21.N#Cc1ccccc1. The summed E-state index contributed by atoms with van der Waals surface area (Å²) in [6.07, 6.45) is -2.72. The Balaban J connectivity index is 0.000000379. The van der Waals surface area contributed by atoms with Crippen LogP contribution < -0.4 is 10.2 Å². The molecule has 0 saturated heterocycles. The molecule has 3 aromatic carbocycles. The van der Waals surface area contributed by atoms with Crippen molar-refractivity contribution in [2.75, 3.05) is 11.4 Å². The number of alkyl halides is 3. The molecule has 198 valence electrons. The lowest BCUT2D eigenvalue weighted by Crippen LogP contribution is -2.53. The molecule has 0 aliphatic carbocycles. The summed E-state index contributed by atoms with van der Waals surface area (Å²) >= 11 is 0. The van der Waals surface area contributed by atoms with Crippen LogP contribution in [0.25, 0.3) is 5.69 Å². The number of benzene rings is 3. The Morgan fingerprint density at radius 1 is 1.05 bits per heavy atom. The average molecular weight is 532 g/mol. The molecule has 0 radical (unpaired) electrons. The number of likely N-dealkylation sites (N-methyl/N-ethyl adjacent to an activating group) is 1. The molecular weight excluding hydrogens is 507 g/mol. The fraction of sp³-hybridized carbons (Fsp3) is 0.172. The third-order valence-electron chi connectivity index (χ3n) is 6.04. The quantitative estimate of drug-likeness (QED) is 0.394. The van der Waals surface area contributed by atoms with Gasteiger partial charge >= 0.3 is 6.18 Å². The number of para-hydroxylation sites is 1. The van der Waals surface area contributed by atoms with E-state index in [-0.39, 0.29) is 17.9 Å². The van der Waals surface area contributed by atoms with Crippen LogP contribution in [0.4, 0.5) is 19.0 Å². The van der Waals surface area contributed by atoms with E-state index in [4.69, 9.17) is 5.26 Å². The van der Waals surface area contributed by atoms with Gasteiger partial charge in [0.1, 0.15) is 11.9 Å². The van der Waals surface area contributed by atoms with Gasteiger partial charge in [-0.2, -0.15) is 23.5 Å². The molecule has 10 heteroatoms. The molecular formula is C29H24F3N5O2. The molecule has 2 amide bonds. The van der Waals surface area contributed by atoms with Crippen molar-refractivity contribution >= 4 is 17.6 Å². The molecule has 1 aliphatic rings.